The molecule has 1 aromatic rings. The molecule has 1 aliphatic rings. The minimum Gasteiger partial charge on any atom is -0.508 e. The van der Waals surface area contributed by atoms with Gasteiger partial charge in [-0.1, -0.05) is 0 Å². The standard InChI is InChI=1S/C12H15NO2/c1-8-6-11-10(7-12(8)15)4-3-5-13(11)9(2)14/h6-7,15H,3-5H2,1-2H3. The largest absolute Gasteiger partial charge is 0.508 e. The van der Waals surface area contributed by atoms with Crippen molar-refractivity contribution < 1.29 is 9.90 Å². The number of phenols is 1. The molecule has 0 atom stereocenters. The van der Waals surface area contributed by atoms with Crippen LogP contribution in [0.1, 0.15) is 24.5 Å². The van der Waals surface area contributed by atoms with E-state index < -0.39 is 0 Å². The zero-order valence-corrected chi connectivity index (χ0v) is 9.08. The lowest BCUT2D eigenvalue weighted by Crippen LogP contribution is -2.33. The fourth-order valence-corrected chi connectivity index (χ4v) is 2.05. The maximum Gasteiger partial charge on any atom is 0.223 e. The Morgan fingerprint density at radius 1 is 1.47 bits per heavy atom. The Morgan fingerprint density at radius 2 is 2.20 bits per heavy atom. The summed E-state index contributed by atoms with van der Waals surface area (Å²) in [6, 6.07) is 3.67. The number of fused-ring (bicyclic) bond motifs is 1. The zero-order valence-electron chi connectivity index (χ0n) is 9.08. The molecule has 1 aromatic carbocycles. The lowest BCUT2D eigenvalue weighted by molar-refractivity contribution is -0.116. The Kier molecular flexibility index (Phi) is 2.39. The van der Waals surface area contributed by atoms with Gasteiger partial charge in [0.15, 0.2) is 0 Å². The van der Waals surface area contributed by atoms with Gasteiger partial charge in [-0.05, 0) is 43.0 Å². The molecule has 0 fully saturated rings. The molecule has 1 amide bonds. The van der Waals surface area contributed by atoms with Crippen LogP contribution in [0.4, 0.5) is 5.69 Å². The van der Waals surface area contributed by atoms with Gasteiger partial charge in [-0.2, -0.15) is 0 Å². The number of anilines is 1. The monoisotopic (exact) mass is 205 g/mol. The lowest BCUT2D eigenvalue weighted by Gasteiger charge is -2.29. The van der Waals surface area contributed by atoms with Crippen LogP contribution in [0.3, 0.4) is 0 Å². The van der Waals surface area contributed by atoms with Gasteiger partial charge in [-0.15, -0.1) is 0 Å². The van der Waals surface area contributed by atoms with Crippen molar-refractivity contribution in [2.24, 2.45) is 0 Å². The SMILES string of the molecule is CC(=O)N1CCCc2cc(O)c(C)cc21. The first-order valence-corrected chi connectivity index (χ1v) is 5.20. The maximum absolute atomic E-state index is 11.4. The third-order valence-electron chi connectivity index (χ3n) is 2.90. The molecular formula is C12H15NO2. The van der Waals surface area contributed by atoms with Crippen molar-refractivity contribution in [3.8, 4) is 5.75 Å². The number of hydrogen-bond acceptors (Lipinski definition) is 2. The molecule has 0 radical (unpaired) electrons. The molecule has 1 heterocycles. The average Bonchev–Trinajstić information content (AvgIpc) is 2.18. The molecule has 1 aliphatic heterocycles. The number of benzene rings is 1. The maximum atomic E-state index is 11.4. The van der Waals surface area contributed by atoms with E-state index in [0.717, 1.165) is 36.2 Å². The molecule has 80 valence electrons. The second-order valence-electron chi connectivity index (χ2n) is 4.04. The molecule has 15 heavy (non-hydrogen) atoms. The number of rotatable bonds is 0. The summed E-state index contributed by atoms with van der Waals surface area (Å²) < 4.78 is 0. The predicted octanol–water partition coefficient (Wildman–Crippen LogP) is 2.00. The van der Waals surface area contributed by atoms with Crippen LogP contribution in [0.25, 0.3) is 0 Å². The second kappa shape index (κ2) is 3.57. The van der Waals surface area contributed by atoms with Crippen molar-refractivity contribution >= 4 is 11.6 Å². The minimum absolute atomic E-state index is 0.0704. The summed E-state index contributed by atoms with van der Waals surface area (Å²) in [5, 5.41) is 9.60. The third-order valence-corrected chi connectivity index (χ3v) is 2.90. The molecule has 0 saturated heterocycles. The lowest BCUT2D eigenvalue weighted by atomic mass is 9.99. The third kappa shape index (κ3) is 1.69. The summed E-state index contributed by atoms with van der Waals surface area (Å²) in [5.74, 6) is 0.389. The predicted molar refractivity (Wildman–Crippen MR) is 59.2 cm³/mol. The van der Waals surface area contributed by atoms with Crippen LogP contribution in [0, 0.1) is 6.92 Å². The Hall–Kier alpha value is -1.51. The first-order chi connectivity index (χ1) is 7.09. The topological polar surface area (TPSA) is 40.5 Å². The summed E-state index contributed by atoms with van der Waals surface area (Å²) in [4.78, 5) is 13.2. The van der Waals surface area contributed by atoms with E-state index in [4.69, 9.17) is 0 Å². The van der Waals surface area contributed by atoms with Gasteiger partial charge in [-0.3, -0.25) is 4.79 Å². The molecule has 0 spiro atoms. The number of aryl methyl sites for hydroxylation is 2. The Morgan fingerprint density at radius 3 is 2.87 bits per heavy atom. The fraction of sp³-hybridized carbons (Fsp3) is 0.417. The van der Waals surface area contributed by atoms with Gasteiger partial charge < -0.3 is 10.0 Å². The van der Waals surface area contributed by atoms with Crippen molar-refractivity contribution in [2.75, 3.05) is 11.4 Å². The highest BCUT2D eigenvalue weighted by Gasteiger charge is 2.20. The normalized spacial score (nSPS) is 14.9. The average molecular weight is 205 g/mol. The van der Waals surface area contributed by atoms with Crippen LogP contribution >= 0.6 is 0 Å². The molecule has 2 rings (SSSR count). The van der Waals surface area contributed by atoms with Gasteiger partial charge in [0.25, 0.3) is 0 Å². The number of amides is 1. The number of carbonyl (C=O) groups is 1. The molecule has 0 bridgehead atoms. The quantitative estimate of drug-likeness (QED) is 0.703. The number of hydrogen-bond donors (Lipinski definition) is 1. The molecule has 1 N–H and O–H groups in total. The fourth-order valence-electron chi connectivity index (χ4n) is 2.05. The first-order valence-electron chi connectivity index (χ1n) is 5.20. The minimum atomic E-state index is 0.0704. The van der Waals surface area contributed by atoms with E-state index in [0.29, 0.717) is 5.75 Å². The number of phenolic OH excluding ortho intramolecular Hbond substituents is 1. The van der Waals surface area contributed by atoms with E-state index >= 15 is 0 Å². The van der Waals surface area contributed by atoms with Crippen LogP contribution in [0.5, 0.6) is 5.75 Å². The Bertz CT molecular complexity index is 412. The Balaban J connectivity index is 2.51. The number of carbonyl (C=O) groups excluding carboxylic acids is 1. The van der Waals surface area contributed by atoms with E-state index in [1.807, 2.05) is 13.0 Å². The van der Waals surface area contributed by atoms with Gasteiger partial charge >= 0.3 is 0 Å². The molecule has 0 unspecified atom stereocenters. The van der Waals surface area contributed by atoms with Crippen molar-refractivity contribution in [3.05, 3.63) is 23.3 Å². The van der Waals surface area contributed by atoms with Crippen molar-refractivity contribution in [1.29, 1.82) is 0 Å². The van der Waals surface area contributed by atoms with Crippen LogP contribution < -0.4 is 4.90 Å². The van der Waals surface area contributed by atoms with Crippen molar-refractivity contribution in [2.45, 2.75) is 26.7 Å². The van der Waals surface area contributed by atoms with Crippen molar-refractivity contribution in [1.82, 2.24) is 0 Å². The number of nitrogens with zero attached hydrogens (tertiary/aromatic N) is 1. The van der Waals surface area contributed by atoms with Crippen LogP contribution in [0.15, 0.2) is 12.1 Å². The van der Waals surface area contributed by atoms with Crippen LogP contribution in [-0.4, -0.2) is 17.6 Å². The molecule has 3 heteroatoms. The van der Waals surface area contributed by atoms with E-state index in [1.54, 1.807) is 17.9 Å². The summed E-state index contributed by atoms with van der Waals surface area (Å²) in [7, 11) is 0. The highest BCUT2D eigenvalue weighted by molar-refractivity contribution is 5.93. The first kappa shape index (κ1) is 10.0. The molecule has 0 aliphatic carbocycles. The van der Waals surface area contributed by atoms with Crippen LogP contribution in [-0.2, 0) is 11.2 Å². The zero-order chi connectivity index (χ0) is 11.0. The summed E-state index contributed by atoms with van der Waals surface area (Å²) in [6.45, 7) is 4.21. The van der Waals surface area contributed by atoms with E-state index in [-0.39, 0.29) is 5.91 Å². The Labute approximate surface area is 89.3 Å². The van der Waals surface area contributed by atoms with Gasteiger partial charge in [0, 0.05) is 19.2 Å². The second-order valence-corrected chi connectivity index (χ2v) is 4.04. The molecule has 0 aromatic heterocycles. The van der Waals surface area contributed by atoms with Gasteiger partial charge in [0.05, 0.1) is 0 Å². The van der Waals surface area contributed by atoms with Gasteiger partial charge in [0.2, 0.25) is 5.91 Å². The number of aromatic hydroxyl groups is 1. The molecule has 3 nitrogen and oxygen atoms in total. The summed E-state index contributed by atoms with van der Waals surface area (Å²) >= 11 is 0. The highest BCUT2D eigenvalue weighted by atomic mass is 16.3. The summed E-state index contributed by atoms with van der Waals surface area (Å²) in [5.41, 5.74) is 2.85. The molecule has 0 saturated carbocycles. The summed E-state index contributed by atoms with van der Waals surface area (Å²) in [6.07, 6.45) is 1.90. The van der Waals surface area contributed by atoms with E-state index in [2.05, 4.69) is 0 Å². The van der Waals surface area contributed by atoms with Gasteiger partial charge in [-0.25, -0.2) is 0 Å². The van der Waals surface area contributed by atoms with Crippen LogP contribution in [0.2, 0.25) is 0 Å². The van der Waals surface area contributed by atoms with E-state index in [1.165, 1.54) is 0 Å². The van der Waals surface area contributed by atoms with E-state index in [9.17, 15) is 9.90 Å². The van der Waals surface area contributed by atoms with Crippen molar-refractivity contribution in [3.63, 3.8) is 0 Å². The van der Waals surface area contributed by atoms with Gasteiger partial charge in [0.1, 0.15) is 5.75 Å². The smallest absolute Gasteiger partial charge is 0.223 e. The molecular weight excluding hydrogens is 190 g/mol. The highest BCUT2D eigenvalue weighted by Crippen LogP contribution is 2.32.